The number of halogens is 1. The van der Waals surface area contributed by atoms with Gasteiger partial charge in [0.25, 0.3) is 5.91 Å². The van der Waals surface area contributed by atoms with Crippen molar-refractivity contribution in [2.24, 2.45) is 0 Å². The Morgan fingerprint density at radius 1 is 1.12 bits per heavy atom. The number of benzene rings is 2. The summed E-state index contributed by atoms with van der Waals surface area (Å²) in [4.78, 5) is 24.5. The van der Waals surface area contributed by atoms with Crippen molar-refractivity contribution in [1.29, 1.82) is 0 Å². The lowest BCUT2D eigenvalue weighted by Crippen LogP contribution is -2.34. The summed E-state index contributed by atoms with van der Waals surface area (Å²) in [6.45, 7) is 0.406. The maximum Gasteiger partial charge on any atom is 0.349 e. The van der Waals surface area contributed by atoms with Gasteiger partial charge in [0.1, 0.15) is 17.0 Å². The molecular weight excluding hydrogens is 321 g/mol. The minimum Gasteiger partial charge on any atom is -0.422 e. The lowest BCUT2D eigenvalue weighted by Gasteiger charge is -2.16. The fourth-order valence-corrected chi connectivity index (χ4v) is 3.09. The van der Waals surface area contributed by atoms with E-state index < -0.39 is 11.5 Å². The van der Waals surface area contributed by atoms with E-state index in [1.165, 1.54) is 12.1 Å². The molecule has 1 N–H and O–H groups in total. The molecule has 1 fully saturated rings. The molecule has 4 rings (SSSR count). The standard InChI is InChI=1S/C20H16FNO3/c21-15-7-5-14(6-8-15)20(9-10-20)12-22-18(23)16-11-13-3-1-2-4-17(13)25-19(16)24/h1-8,11H,9-10,12H2,(H,22,23). The van der Waals surface area contributed by atoms with Crippen LogP contribution in [0.2, 0.25) is 0 Å². The summed E-state index contributed by atoms with van der Waals surface area (Å²) in [7, 11) is 0. The van der Waals surface area contributed by atoms with E-state index >= 15 is 0 Å². The van der Waals surface area contributed by atoms with E-state index in [0.717, 1.165) is 18.4 Å². The average Bonchev–Trinajstić information content (AvgIpc) is 3.41. The Bertz CT molecular complexity index is 1000. The van der Waals surface area contributed by atoms with Gasteiger partial charge in [-0.2, -0.15) is 0 Å². The third kappa shape index (κ3) is 2.93. The fourth-order valence-electron chi connectivity index (χ4n) is 3.09. The first-order valence-corrected chi connectivity index (χ1v) is 8.15. The predicted molar refractivity (Wildman–Crippen MR) is 92.1 cm³/mol. The molecule has 4 nitrogen and oxygen atoms in total. The molecule has 1 saturated carbocycles. The topological polar surface area (TPSA) is 59.3 Å². The highest BCUT2D eigenvalue weighted by atomic mass is 19.1. The third-order valence-corrected chi connectivity index (χ3v) is 4.78. The number of amides is 1. The third-order valence-electron chi connectivity index (χ3n) is 4.78. The molecule has 2 aromatic carbocycles. The molecule has 1 aliphatic rings. The van der Waals surface area contributed by atoms with Gasteiger partial charge in [-0.1, -0.05) is 30.3 Å². The van der Waals surface area contributed by atoms with Crippen LogP contribution in [0, 0.1) is 5.82 Å². The van der Waals surface area contributed by atoms with Crippen LogP contribution in [0.25, 0.3) is 11.0 Å². The molecule has 5 heteroatoms. The Morgan fingerprint density at radius 3 is 2.56 bits per heavy atom. The van der Waals surface area contributed by atoms with Gasteiger partial charge < -0.3 is 9.73 Å². The van der Waals surface area contributed by atoms with Crippen LogP contribution in [0.4, 0.5) is 4.39 Å². The van der Waals surface area contributed by atoms with Crippen molar-refractivity contribution in [3.05, 3.63) is 82.0 Å². The van der Waals surface area contributed by atoms with Gasteiger partial charge in [-0.3, -0.25) is 4.79 Å². The maximum absolute atomic E-state index is 13.1. The van der Waals surface area contributed by atoms with Gasteiger partial charge >= 0.3 is 5.63 Å². The van der Waals surface area contributed by atoms with E-state index in [0.29, 0.717) is 17.5 Å². The van der Waals surface area contributed by atoms with Crippen molar-refractivity contribution in [2.75, 3.05) is 6.54 Å². The second-order valence-electron chi connectivity index (χ2n) is 6.46. The highest BCUT2D eigenvalue weighted by Crippen LogP contribution is 2.47. The molecule has 0 unspecified atom stereocenters. The van der Waals surface area contributed by atoms with Gasteiger partial charge in [-0.05, 0) is 42.7 Å². The van der Waals surface area contributed by atoms with Gasteiger partial charge in [0.15, 0.2) is 0 Å². The molecule has 0 atom stereocenters. The van der Waals surface area contributed by atoms with E-state index in [4.69, 9.17) is 4.42 Å². The summed E-state index contributed by atoms with van der Waals surface area (Å²) in [5.74, 6) is -0.731. The van der Waals surface area contributed by atoms with Crippen molar-refractivity contribution < 1.29 is 13.6 Å². The number of fused-ring (bicyclic) bond motifs is 1. The van der Waals surface area contributed by atoms with E-state index in [-0.39, 0.29) is 16.8 Å². The Hall–Kier alpha value is -2.95. The van der Waals surface area contributed by atoms with Crippen molar-refractivity contribution in [1.82, 2.24) is 5.32 Å². The van der Waals surface area contributed by atoms with Crippen LogP contribution < -0.4 is 10.9 Å². The first-order valence-electron chi connectivity index (χ1n) is 8.15. The summed E-state index contributed by atoms with van der Waals surface area (Å²) in [5.41, 5.74) is 0.630. The summed E-state index contributed by atoms with van der Waals surface area (Å²) in [6, 6.07) is 15.0. The van der Waals surface area contributed by atoms with Crippen molar-refractivity contribution in [3.8, 4) is 0 Å². The zero-order valence-corrected chi connectivity index (χ0v) is 13.4. The van der Waals surface area contributed by atoms with E-state index in [2.05, 4.69) is 5.32 Å². The van der Waals surface area contributed by atoms with Crippen molar-refractivity contribution in [2.45, 2.75) is 18.3 Å². The SMILES string of the molecule is O=C(NCC1(c2ccc(F)cc2)CC1)c1cc2ccccc2oc1=O. The molecular formula is C20H16FNO3. The van der Waals surface area contributed by atoms with Crippen LogP contribution in [0.15, 0.2) is 63.8 Å². The number of nitrogens with one attached hydrogen (secondary N) is 1. The minimum atomic E-state index is -0.650. The summed E-state index contributed by atoms with van der Waals surface area (Å²) in [5, 5.41) is 3.53. The summed E-state index contributed by atoms with van der Waals surface area (Å²) in [6.07, 6.45) is 1.84. The molecule has 126 valence electrons. The summed E-state index contributed by atoms with van der Waals surface area (Å²) >= 11 is 0. The molecule has 0 aliphatic heterocycles. The first kappa shape index (κ1) is 15.6. The fraction of sp³-hybridized carbons (Fsp3) is 0.200. The smallest absolute Gasteiger partial charge is 0.349 e. The van der Waals surface area contributed by atoms with Gasteiger partial charge in [0.2, 0.25) is 0 Å². The molecule has 1 aromatic heterocycles. The van der Waals surface area contributed by atoms with Crippen LogP contribution in [-0.2, 0) is 5.41 Å². The van der Waals surface area contributed by atoms with E-state index in [9.17, 15) is 14.0 Å². The van der Waals surface area contributed by atoms with Gasteiger partial charge in [0, 0.05) is 17.3 Å². The van der Waals surface area contributed by atoms with Crippen molar-refractivity contribution >= 4 is 16.9 Å². The largest absolute Gasteiger partial charge is 0.422 e. The van der Waals surface area contributed by atoms with Gasteiger partial charge in [-0.15, -0.1) is 0 Å². The zero-order valence-electron chi connectivity index (χ0n) is 13.4. The Morgan fingerprint density at radius 2 is 1.84 bits per heavy atom. The number of carbonyl (C=O) groups excluding carboxylic acids is 1. The normalized spacial score (nSPS) is 15.1. The van der Waals surface area contributed by atoms with Gasteiger partial charge in [0.05, 0.1) is 0 Å². The Labute approximate surface area is 143 Å². The van der Waals surface area contributed by atoms with E-state index in [1.54, 1.807) is 36.4 Å². The van der Waals surface area contributed by atoms with E-state index in [1.807, 2.05) is 6.07 Å². The minimum absolute atomic E-state index is 0.00592. The number of para-hydroxylation sites is 1. The second-order valence-corrected chi connectivity index (χ2v) is 6.46. The molecule has 1 heterocycles. The molecule has 0 spiro atoms. The maximum atomic E-state index is 13.1. The molecule has 1 aliphatic carbocycles. The lowest BCUT2D eigenvalue weighted by molar-refractivity contribution is 0.0946. The predicted octanol–water partition coefficient (Wildman–Crippen LogP) is 3.39. The van der Waals surface area contributed by atoms with Crippen LogP contribution in [-0.4, -0.2) is 12.5 Å². The number of carbonyl (C=O) groups is 1. The highest BCUT2D eigenvalue weighted by molar-refractivity contribution is 5.96. The van der Waals surface area contributed by atoms with Crippen molar-refractivity contribution in [3.63, 3.8) is 0 Å². The number of rotatable bonds is 4. The van der Waals surface area contributed by atoms with Crippen LogP contribution >= 0.6 is 0 Å². The quantitative estimate of drug-likeness (QED) is 0.743. The molecule has 0 saturated heterocycles. The average molecular weight is 337 g/mol. The molecule has 0 radical (unpaired) electrons. The molecule has 1 amide bonds. The lowest BCUT2D eigenvalue weighted by atomic mass is 9.96. The molecule has 0 bridgehead atoms. The molecule has 3 aromatic rings. The Kier molecular flexibility index (Phi) is 3.64. The first-order chi connectivity index (χ1) is 12.1. The van der Waals surface area contributed by atoms with Gasteiger partial charge in [-0.25, -0.2) is 9.18 Å². The zero-order chi connectivity index (χ0) is 17.4. The number of hydrogen-bond acceptors (Lipinski definition) is 3. The highest BCUT2D eigenvalue weighted by Gasteiger charge is 2.44. The van der Waals surface area contributed by atoms with Crippen LogP contribution in [0.5, 0.6) is 0 Å². The summed E-state index contributed by atoms with van der Waals surface area (Å²) < 4.78 is 18.3. The number of hydrogen-bond donors (Lipinski definition) is 1. The second kappa shape index (κ2) is 5.84. The Balaban J connectivity index is 1.54. The van der Waals surface area contributed by atoms with Crippen LogP contribution in [0.3, 0.4) is 0 Å². The molecule has 25 heavy (non-hydrogen) atoms. The monoisotopic (exact) mass is 337 g/mol. The van der Waals surface area contributed by atoms with Crippen LogP contribution in [0.1, 0.15) is 28.8 Å².